The maximum atomic E-state index is 6.64. The first-order valence-corrected chi connectivity index (χ1v) is 23.3. The monoisotopic (exact) mass is 865 g/mol. The highest BCUT2D eigenvalue weighted by Crippen LogP contribution is 2.44. The van der Waals surface area contributed by atoms with Crippen LogP contribution in [0.25, 0.3) is 110 Å². The number of rotatable bonds is 8. The third kappa shape index (κ3) is 6.82. The smallest absolute Gasteiger partial charge is 0.143 e. The molecular weight excluding hydrogens is 823 g/mol. The van der Waals surface area contributed by atoms with Gasteiger partial charge in [0.1, 0.15) is 11.2 Å². The van der Waals surface area contributed by atoms with Crippen LogP contribution in [-0.4, -0.2) is 0 Å². The first-order valence-electron chi connectivity index (χ1n) is 23.3. The van der Waals surface area contributed by atoms with E-state index in [1.165, 1.54) is 65.9 Å². The number of benzene rings is 12. The van der Waals surface area contributed by atoms with Crippen LogP contribution in [0.5, 0.6) is 0 Å². The molecule has 2 nitrogen and oxygen atoms in total. The number of nitrogens with zero attached hydrogens (tertiary/aromatic N) is 1. The van der Waals surface area contributed by atoms with E-state index >= 15 is 0 Å². The van der Waals surface area contributed by atoms with Gasteiger partial charge in [0, 0.05) is 33.2 Å². The lowest BCUT2D eigenvalue weighted by atomic mass is 9.91. The summed E-state index contributed by atoms with van der Waals surface area (Å²) in [4.78, 5) is 2.38. The van der Waals surface area contributed by atoms with Crippen LogP contribution in [0.3, 0.4) is 0 Å². The zero-order chi connectivity index (χ0) is 45.0. The lowest BCUT2D eigenvalue weighted by Gasteiger charge is -2.26. The maximum absolute atomic E-state index is 6.64. The van der Waals surface area contributed by atoms with E-state index in [-0.39, 0.29) is 0 Å². The molecule has 13 rings (SSSR count). The van der Waals surface area contributed by atoms with Gasteiger partial charge in [0.25, 0.3) is 0 Å². The summed E-state index contributed by atoms with van der Waals surface area (Å²) in [6.45, 7) is 0. The number of hydrogen-bond donors (Lipinski definition) is 0. The fourth-order valence-corrected chi connectivity index (χ4v) is 10.4. The third-order valence-electron chi connectivity index (χ3n) is 13.7. The number of fused-ring (bicyclic) bond motifs is 8. The van der Waals surface area contributed by atoms with Crippen LogP contribution < -0.4 is 4.90 Å². The molecule has 0 atom stereocenters. The van der Waals surface area contributed by atoms with Crippen LogP contribution in [0.15, 0.2) is 265 Å². The van der Waals surface area contributed by atoms with Crippen molar-refractivity contribution in [1.82, 2.24) is 0 Å². The fraction of sp³-hybridized carbons (Fsp3) is 0. The molecule has 68 heavy (non-hydrogen) atoms. The molecule has 12 aromatic carbocycles. The van der Waals surface area contributed by atoms with Crippen molar-refractivity contribution in [1.29, 1.82) is 0 Å². The molecule has 0 amide bonds. The predicted octanol–water partition coefficient (Wildman–Crippen LogP) is 18.9. The molecule has 0 unspecified atom stereocenters. The summed E-state index contributed by atoms with van der Waals surface area (Å²) in [6.07, 6.45) is 0. The molecule has 0 radical (unpaired) electrons. The van der Waals surface area contributed by atoms with Crippen molar-refractivity contribution < 1.29 is 4.42 Å². The Kier molecular flexibility index (Phi) is 9.54. The minimum absolute atomic E-state index is 0.885. The highest BCUT2D eigenvalue weighted by Gasteiger charge is 2.19. The molecule has 0 spiro atoms. The second-order valence-electron chi connectivity index (χ2n) is 17.6. The van der Waals surface area contributed by atoms with Crippen LogP contribution in [0, 0.1) is 0 Å². The van der Waals surface area contributed by atoms with Gasteiger partial charge in [-0.2, -0.15) is 0 Å². The quantitative estimate of drug-likeness (QED) is 0.142. The van der Waals surface area contributed by atoms with E-state index in [9.17, 15) is 0 Å². The molecule has 1 heterocycles. The topological polar surface area (TPSA) is 16.4 Å². The SMILES string of the molecule is c1ccc(-c2ccc(-c3ccc(N(c4ccc(-c5cc6ccccc6c6ccccc56)cc4)c4cccc(-c5cccc6oc7c8ccccc8ccc7c56)c4)cc3)cc2-c2ccccc2)cc1. The van der Waals surface area contributed by atoms with E-state index in [0.29, 0.717) is 0 Å². The second kappa shape index (κ2) is 16.5. The first kappa shape index (κ1) is 39.4. The van der Waals surface area contributed by atoms with Crippen LogP contribution >= 0.6 is 0 Å². The third-order valence-corrected chi connectivity index (χ3v) is 13.7. The van der Waals surface area contributed by atoms with Gasteiger partial charge in [-0.3, -0.25) is 0 Å². The molecular formula is C66H43NO. The summed E-state index contributed by atoms with van der Waals surface area (Å²) in [5.41, 5.74) is 16.8. The minimum atomic E-state index is 0.885. The Morgan fingerprint density at radius 2 is 0.824 bits per heavy atom. The Morgan fingerprint density at radius 1 is 0.250 bits per heavy atom. The number of hydrogen-bond acceptors (Lipinski definition) is 2. The highest BCUT2D eigenvalue weighted by molar-refractivity contribution is 6.19. The molecule has 2 heteroatoms. The molecule has 0 saturated heterocycles. The van der Waals surface area contributed by atoms with E-state index in [4.69, 9.17) is 4.42 Å². The van der Waals surface area contributed by atoms with Gasteiger partial charge < -0.3 is 9.32 Å². The van der Waals surface area contributed by atoms with Crippen molar-refractivity contribution in [2.24, 2.45) is 0 Å². The first-order chi connectivity index (χ1) is 33.7. The Morgan fingerprint density at radius 3 is 1.57 bits per heavy atom. The van der Waals surface area contributed by atoms with Crippen LogP contribution in [0.2, 0.25) is 0 Å². The normalized spacial score (nSPS) is 11.5. The molecule has 0 fully saturated rings. The van der Waals surface area contributed by atoms with Crippen molar-refractivity contribution in [2.75, 3.05) is 4.90 Å². The van der Waals surface area contributed by atoms with Gasteiger partial charge in [-0.15, -0.1) is 0 Å². The van der Waals surface area contributed by atoms with Gasteiger partial charge >= 0.3 is 0 Å². The molecule has 0 saturated carbocycles. The van der Waals surface area contributed by atoms with Gasteiger partial charge in [0.15, 0.2) is 0 Å². The van der Waals surface area contributed by atoms with Crippen LogP contribution in [0.4, 0.5) is 17.1 Å². The Labute approximate surface area is 395 Å². The standard InChI is InChI=1S/C66H43NO/c1-3-15-45(16-4-1)56-39-34-49(42-62(56)46-17-5-2-6-18-46)44-29-35-52(36-30-44)67(53-37-31-48(32-38-53)63-43-51-20-8-9-23-55(51)59-25-11-12-26-60(59)63)54-22-13-21-50(41-54)57-27-14-28-64-65(57)61-40-33-47-19-7-10-24-58(47)66(61)68-64/h1-43H. The Balaban J connectivity index is 0.939. The maximum Gasteiger partial charge on any atom is 0.143 e. The number of furan rings is 1. The van der Waals surface area contributed by atoms with Gasteiger partial charge in [0.05, 0.1) is 0 Å². The summed E-state index contributed by atoms with van der Waals surface area (Å²) in [6, 6.07) is 94.4. The average molecular weight is 866 g/mol. The molecule has 0 aliphatic carbocycles. The summed E-state index contributed by atoms with van der Waals surface area (Å²) < 4.78 is 6.64. The van der Waals surface area contributed by atoms with Crippen molar-refractivity contribution in [2.45, 2.75) is 0 Å². The molecule has 0 aliphatic rings. The van der Waals surface area contributed by atoms with Crippen molar-refractivity contribution in [3.63, 3.8) is 0 Å². The average Bonchev–Trinajstić information content (AvgIpc) is 3.81. The summed E-state index contributed by atoms with van der Waals surface area (Å²) in [7, 11) is 0. The van der Waals surface area contributed by atoms with Crippen molar-refractivity contribution in [3.8, 4) is 55.6 Å². The molecule has 318 valence electrons. The lowest BCUT2D eigenvalue weighted by Crippen LogP contribution is -2.10. The Hall–Kier alpha value is -8.98. The second-order valence-corrected chi connectivity index (χ2v) is 17.6. The van der Waals surface area contributed by atoms with Crippen molar-refractivity contribution >= 4 is 71.3 Å². The van der Waals surface area contributed by atoms with Gasteiger partial charge in [0.2, 0.25) is 0 Å². The van der Waals surface area contributed by atoms with Crippen LogP contribution in [0.1, 0.15) is 0 Å². The summed E-state index contributed by atoms with van der Waals surface area (Å²) in [5.74, 6) is 0. The number of anilines is 3. The molecule has 13 aromatic rings. The zero-order valence-electron chi connectivity index (χ0n) is 37.2. The lowest BCUT2D eigenvalue weighted by molar-refractivity contribution is 0.673. The van der Waals surface area contributed by atoms with E-state index in [2.05, 4.69) is 266 Å². The van der Waals surface area contributed by atoms with E-state index in [0.717, 1.165) is 61.1 Å². The van der Waals surface area contributed by atoms with Gasteiger partial charge in [-0.05, 0) is 143 Å². The summed E-state index contributed by atoms with van der Waals surface area (Å²) in [5, 5.41) is 9.57. The molecule has 1 aromatic heterocycles. The van der Waals surface area contributed by atoms with Crippen molar-refractivity contribution in [3.05, 3.63) is 261 Å². The highest BCUT2D eigenvalue weighted by atomic mass is 16.3. The largest absolute Gasteiger partial charge is 0.455 e. The fourth-order valence-electron chi connectivity index (χ4n) is 10.4. The van der Waals surface area contributed by atoms with E-state index in [1.807, 2.05) is 0 Å². The molecule has 0 N–H and O–H groups in total. The minimum Gasteiger partial charge on any atom is -0.455 e. The predicted molar refractivity (Wildman–Crippen MR) is 288 cm³/mol. The molecule has 0 bridgehead atoms. The van der Waals surface area contributed by atoms with Crippen LogP contribution in [-0.2, 0) is 0 Å². The van der Waals surface area contributed by atoms with E-state index < -0.39 is 0 Å². The van der Waals surface area contributed by atoms with E-state index in [1.54, 1.807) is 0 Å². The molecule has 0 aliphatic heterocycles. The summed E-state index contributed by atoms with van der Waals surface area (Å²) >= 11 is 0. The Bertz CT molecular complexity index is 4000. The zero-order valence-corrected chi connectivity index (χ0v) is 37.2. The van der Waals surface area contributed by atoms with Gasteiger partial charge in [-0.25, -0.2) is 0 Å². The van der Waals surface area contributed by atoms with Gasteiger partial charge in [-0.1, -0.05) is 200 Å².